The molecule has 0 radical (unpaired) electrons. The van der Waals surface area contributed by atoms with Crippen molar-refractivity contribution in [2.75, 3.05) is 7.11 Å². The van der Waals surface area contributed by atoms with Crippen LogP contribution in [-0.4, -0.2) is 33.1 Å². The van der Waals surface area contributed by atoms with E-state index in [0.717, 1.165) is 5.56 Å². The number of alkyl halides is 3. The second kappa shape index (κ2) is 10.4. The molecule has 0 heterocycles. The summed E-state index contributed by atoms with van der Waals surface area (Å²) < 4.78 is 57.4. The highest BCUT2D eigenvalue weighted by Gasteiger charge is 2.33. The average molecular weight is 470 g/mol. The summed E-state index contributed by atoms with van der Waals surface area (Å²) in [5, 5.41) is 2.81. The fraction of sp³-hybridized carbons (Fsp3) is 0.391. The molecule has 0 fully saturated rings. The highest BCUT2D eigenvalue weighted by molar-refractivity contribution is 6.88. The molecule has 9 heteroatoms. The molecule has 1 N–H and O–H groups in total. The van der Waals surface area contributed by atoms with Crippen LogP contribution in [0.15, 0.2) is 42.5 Å². The highest BCUT2D eigenvalue weighted by Crippen LogP contribution is 2.22. The van der Waals surface area contributed by atoms with Gasteiger partial charge in [0.15, 0.2) is 5.78 Å². The van der Waals surface area contributed by atoms with Crippen molar-refractivity contribution in [1.29, 1.82) is 0 Å². The third kappa shape index (κ3) is 7.56. The molecule has 0 saturated heterocycles. The predicted octanol–water partition coefficient (Wildman–Crippen LogP) is 4.44. The minimum absolute atomic E-state index is 0.236. The van der Waals surface area contributed by atoms with Gasteiger partial charge in [0, 0.05) is 13.5 Å². The van der Waals surface area contributed by atoms with Crippen molar-refractivity contribution in [1.82, 2.24) is 5.32 Å². The van der Waals surface area contributed by atoms with Crippen molar-refractivity contribution in [2.45, 2.75) is 51.3 Å². The Morgan fingerprint density at radius 1 is 1.03 bits per heavy atom. The summed E-state index contributed by atoms with van der Waals surface area (Å²) in [6.07, 6.45) is -6.63. The Balaban J connectivity index is 2.28. The first-order valence-corrected chi connectivity index (χ1v) is 13.6. The molecule has 0 aliphatic rings. The van der Waals surface area contributed by atoms with Gasteiger partial charge in [0.05, 0.1) is 14.7 Å². The van der Waals surface area contributed by atoms with E-state index in [9.17, 15) is 27.2 Å². The van der Waals surface area contributed by atoms with E-state index in [1.54, 1.807) is 36.4 Å². The summed E-state index contributed by atoms with van der Waals surface area (Å²) in [5.41, 5.74) is 1.53. The second-order valence-electron chi connectivity index (χ2n) is 8.67. The van der Waals surface area contributed by atoms with Crippen LogP contribution in [0.4, 0.5) is 17.6 Å². The van der Waals surface area contributed by atoms with Gasteiger partial charge in [-0.25, -0.2) is 4.39 Å². The molecule has 0 unspecified atom stereocenters. The number of carbonyl (C=O) groups is 2. The first-order valence-electron chi connectivity index (χ1n) is 10.1. The van der Waals surface area contributed by atoms with Crippen molar-refractivity contribution in [3.63, 3.8) is 0 Å². The van der Waals surface area contributed by atoms with Crippen LogP contribution in [0.5, 0.6) is 0 Å². The molecule has 0 spiro atoms. The standard InChI is InChI=1S/C23H27F4NO3Si/c1-31-14-15-5-8-17(9-6-15)22(28-21(30)13-23(25,26)27)19(29)12-16-7-10-20(18(24)11-16)32(2,3)4/h5-11,22H,12-14H2,1-4H3,(H,28,30)/t22-/m1/s1. The van der Waals surface area contributed by atoms with E-state index in [0.29, 0.717) is 22.9 Å². The fourth-order valence-electron chi connectivity index (χ4n) is 3.30. The molecular weight excluding hydrogens is 442 g/mol. The Labute approximate surface area is 186 Å². The molecule has 0 saturated carbocycles. The molecule has 4 nitrogen and oxygen atoms in total. The predicted molar refractivity (Wildman–Crippen MR) is 117 cm³/mol. The monoisotopic (exact) mass is 469 g/mol. The number of hydrogen-bond acceptors (Lipinski definition) is 3. The summed E-state index contributed by atoms with van der Waals surface area (Å²) in [5.74, 6) is -2.26. The van der Waals surface area contributed by atoms with Crippen molar-refractivity contribution >= 4 is 25.0 Å². The number of ketones is 1. The quantitative estimate of drug-likeness (QED) is 0.437. The first kappa shape index (κ1) is 25.7. The summed E-state index contributed by atoms with van der Waals surface area (Å²) in [4.78, 5) is 24.9. The van der Waals surface area contributed by atoms with Crippen LogP contribution in [-0.2, 0) is 27.4 Å². The van der Waals surface area contributed by atoms with Gasteiger partial charge >= 0.3 is 6.18 Å². The Bertz CT molecular complexity index is 953. The Hall–Kier alpha value is -2.52. The topological polar surface area (TPSA) is 55.4 Å². The molecule has 1 amide bonds. The van der Waals surface area contributed by atoms with Crippen LogP contribution in [0.1, 0.15) is 29.2 Å². The lowest BCUT2D eigenvalue weighted by molar-refractivity contribution is -0.155. The number of carbonyl (C=O) groups excluding carboxylic acids is 2. The maximum Gasteiger partial charge on any atom is 0.397 e. The van der Waals surface area contributed by atoms with E-state index in [-0.39, 0.29) is 6.42 Å². The Kier molecular flexibility index (Phi) is 8.36. The van der Waals surface area contributed by atoms with Crippen LogP contribution < -0.4 is 10.5 Å². The number of rotatable bonds is 9. The number of amides is 1. The van der Waals surface area contributed by atoms with E-state index >= 15 is 0 Å². The molecule has 2 rings (SSSR count). The molecule has 0 aromatic heterocycles. The molecule has 2 aromatic rings. The smallest absolute Gasteiger partial charge is 0.380 e. The molecule has 2 aromatic carbocycles. The number of ether oxygens (including phenoxy) is 1. The molecule has 32 heavy (non-hydrogen) atoms. The summed E-state index contributed by atoms with van der Waals surface area (Å²) >= 11 is 0. The lowest BCUT2D eigenvalue weighted by Gasteiger charge is -2.20. The van der Waals surface area contributed by atoms with Crippen LogP contribution in [0.3, 0.4) is 0 Å². The second-order valence-corrected chi connectivity index (χ2v) is 13.7. The largest absolute Gasteiger partial charge is 0.397 e. The number of hydrogen-bond donors (Lipinski definition) is 1. The average Bonchev–Trinajstić information content (AvgIpc) is 2.64. The molecule has 0 aliphatic heterocycles. The molecule has 1 atom stereocenters. The lowest BCUT2D eigenvalue weighted by atomic mass is 9.96. The van der Waals surface area contributed by atoms with E-state index in [1.807, 2.05) is 19.6 Å². The van der Waals surface area contributed by atoms with Gasteiger partial charge < -0.3 is 10.1 Å². The summed E-state index contributed by atoms with van der Waals surface area (Å²) in [6, 6.07) is 9.73. The van der Waals surface area contributed by atoms with Crippen molar-refractivity contribution < 1.29 is 31.9 Å². The number of benzene rings is 2. The van der Waals surface area contributed by atoms with Gasteiger partial charge in [-0.1, -0.05) is 56.0 Å². The normalized spacial score (nSPS) is 13.0. The molecule has 174 valence electrons. The zero-order valence-electron chi connectivity index (χ0n) is 18.5. The van der Waals surface area contributed by atoms with Gasteiger partial charge in [-0.3, -0.25) is 9.59 Å². The van der Waals surface area contributed by atoms with Gasteiger partial charge in [0.1, 0.15) is 18.3 Å². The molecular formula is C23H27F4NO3Si. The third-order valence-corrected chi connectivity index (χ3v) is 6.85. The summed E-state index contributed by atoms with van der Waals surface area (Å²) in [6.45, 7) is 6.31. The third-order valence-electron chi connectivity index (χ3n) is 4.83. The van der Waals surface area contributed by atoms with Gasteiger partial charge in [-0.15, -0.1) is 0 Å². The zero-order chi connectivity index (χ0) is 24.1. The Morgan fingerprint density at radius 3 is 2.12 bits per heavy atom. The minimum atomic E-state index is -4.70. The SMILES string of the molecule is COCc1ccc([C@@H](NC(=O)CC(F)(F)F)C(=O)Cc2ccc([Si](C)(C)C)c(F)c2)cc1. The van der Waals surface area contributed by atoms with Crippen LogP contribution >= 0.6 is 0 Å². The Morgan fingerprint density at radius 2 is 1.62 bits per heavy atom. The van der Waals surface area contributed by atoms with Crippen LogP contribution in [0.2, 0.25) is 19.6 Å². The number of nitrogens with one attached hydrogen (secondary N) is 1. The number of methoxy groups -OCH3 is 1. The molecule has 0 bridgehead atoms. The summed E-state index contributed by atoms with van der Waals surface area (Å²) in [7, 11) is -0.388. The highest BCUT2D eigenvalue weighted by atomic mass is 28.3. The maximum absolute atomic E-state index is 14.6. The van der Waals surface area contributed by atoms with Gasteiger partial charge in [0.25, 0.3) is 0 Å². The van der Waals surface area contributed by atoms with Crippen molar-refractivity contribution in [2.24, 2.45) is 0 Å². The fourth-order valence-corrected chi connectivity index (χ4v) is 4.67. The first-order chi connectivity index (χ1) is 14.8. The van der Waals surface area contributed by atoms with Gasteiger partial charge in [-0.05, 0) is 27.9 Å². The van der Waals surface area contributed by atoms with E-state index in [4.69, 9.17) is 4.74 Å². The van der Waals surface area contributed by atoms with E-state index in [1.165, 1.54) is 13.2 Å². The maximum atomic E-state index is 14.6. The zero-order valence-corrected chi connectivity index (χ0v) is 19.5. The van der Waals surface area contributed by atoms with Crippen LogP contribution in [0.25, 0.3) is 0 Å². The van der Waals surface area contributed by atoms with E-state index < -0.39 is 44.2 Å². The van der Waals surface area contributed by atoms with Crippen molar-refractivity contribution in [3.8, 4) is 0 Å². The van der Waals surface area contributed by atoms with E-state index in [2.05, 4.69) is 5.32 Å². The van der Waals surface area contributed by atoms with Crippen molar-refractivity contribution in [3.05, 3.63) is 65.0 Å². The lowest BCUT2D eigenvalue weighted by Crippen LogP contribution is -2.40. The minimum Gasteiger partial charge on any atom is -0.380 e. The molecule has 0 aliphatic carbocycles. The van der Waals surface area contributed by atoms with Gasteiger partial charge in [0.2, 0.25) is 5.91 Å². The van der Waals surface area contributed by atoms with Gasteiger partial charge in [-0.2, -0.15) is 13.2 Å². The number of halogens is 4. The number of Topliss-reactive ketones (excluding diaryl/α,β-unsaturated/α-hetero) is 1. The van der Waals surface area contributed by atoms with Crippen LogP contribution in [0, 0.1) is 5.82 Å².